The molecule has 1 aromatic rings. The highest BCUT2D eigenvalue weighted by Gasteiger charge is 2.15. The summed E-state index contributed by atoms with van der Waals surface area (Å²) in [6, 6.07) is 8.53. The number of hydrogen-bond donors (Lipinski definition) is 0. The van der Waals surface area contributed by atoms with Gasteiger partial charge in [-0.1, -0.05) is 72.4 Å². The molecule has 1 aliphatic carbocycles. The van der Waals surface area contributed by atoms with E-state index in [2.05, 4.69) is 58.9 Å². The molecule has 0 N–H and O–H groups in total. The summed E-state index contributed by atoms with van der Waals surface area (Å²) in [7, 11) is 0. The minimum absolute atomic E-state index is 0.170. The first-order valence-corrected chi connectivity index (χ1v) is 10.8. The quantitative estimate of drug-likeness (QED) is 0.444. The van der Waals surface area contributed by atoms with E-state index < -0.39 is 0 Å². The average molecular weight is 363 g/mol. The molecule has 1 aliphatic rings. The van der Waals surface area contributed by atoms with Gasteiger partial charge < -0.3 is 9.47 Å². The summed E-state index contributed by atoms with van der Waals surface area (Å²) in [6.45, 7) is 13.9. The maximum atomic E-state index is 5.90. The largest absolute Gasteiger partial charge is 0.465 e. The summed E-state index contributed by atoms with van der Waals surface area (Å²) in [5, 5.41) is 0. The second-order valence-electron chi connectivity index (χ2n) is 8.33. The van der Waals surface area contributed by atoms with Gasteiger partial charge in [-0.25, -0.2) is 0 Å². The van der Waals surface area contributed by atoms with Crippen molar-refractivity contribution in [1.29, 1.82) is 0 Å². The summed E-state index contributed by atoms with van der Waals surface area (Å²) >= 11 is 0. The monoisotopic (exact) mass is 362 g/mol. The van der Waals surface area contributed by atoms with Crippen LogP contribution in [0.3, 0.4) is 0 Å². The van der Waals surface area contributed by atoms with Crippen LogP contribution in [0.25, 0.3) is 0 Å². The highest BCUT2D eigenvalue weighted by molar-refractivity contribution is 5.29. The molecule has 0 amide bonds. The van der Waals surface area contributed by atoms with Gasteiger partial charge in [-0.3, -0.25) is 0 Å². The Balaban J connectivity index is 0.00000105. The molecule has 2 heteroatoms. The first-order chi connectivity index (χ1) is 12.5. The van der Waals surface area contributed by atoms with Crippen LogP contribution in [-0.2, 0) is 4.74 Å². The Morgan fingerprint density at radius 1 is 0.923 bits per heavy atom. The Kier molecular flexibility index (Phi) is 11.7. The molecule has 1 saturated carbocycles. The Bertz CT molecular complexity index is 446. The van der Waals surface area contributed by atoms with Gasteiger partial charge in [0.05, 0.1) is 6.61 Å². The Labute approximate surface area is 162 Å². The fourth-order valence-corrected chi connectivity index (χ4v) is 3.57. The first-order valence-electron chi connectivity index (χ1n) is 10.8. The molecule has 1 fully saturated rings. The summed E-state index contributed by atoms with van der Waals surface area (Å²) in [6.07, 6.45) is 9.05. The Morgan fingerprint density at radius 3 is 2.04 bits per heavy atom. The van der Waals surface area contributed by atoms with Crippen molar-refractivity contribution >= 4 is 0 Å². The van der Waals surface area contributed by atoms with Gasteiger partial charge >= 0.3 is 0 Å². The van der Waals surface area contributed by atoms with E-state index in [4.69, 9.17) is 9.47 Å². The number of ether oxygens (including phenoxy) is 2. The molecule has 0 bridgehead atoms. The van der Waals surface area contributed by atoms with E-state index >= 15 is 0 Å². The van der Waals surface area contributed by atoms with E-state index in [1.165, 1.54) is 50.5 Å². The van der Waals surface area contributed by atoms with E-state index in [0.29, 0.717) is 5.92 Å². The highest BCUT2D eigenvalue weighted by atomic mass is 16.7. The molecular weight excluding hydrogens is 320 g/mol. The van der Waals surface area contributed by atoms with Gasteiger partial charge in [-0.15, -0.1) is 0 Å². The lowest BCUT2D eigenvalue weighted by Gasteiger charge is -2.24. The molecule has 0 heterocycles. The van der Waals surface area contributed by atoms with Crippen LogP contribution >= 0.6 is 0 Å². The Hall–Kier alpha value is -1.02. The van der Waals surface area contributed by atoms with Crippen molar-refractivity contribution in [2.24, 2.45) is 11.8 Å². The number of hydrogen-bond acceptors (Lipinski definition) is 2. The van der Waals surface area contributed by atoms with Crippen molar-refractivity contribution in [3.63, 3.8) is 0 Å². The second kappa shape index (κ2) is 13.2. The predicted octanol–water partition coefficient (Wildman–Crippen LogP) is 7.57. The molecule has 2 nitrogen and oxygen atoms in total. The molecule has 2 unspecified atom stereocenters. The molecule has 0 radical (unpaired) electrons. The Morgan fingerprint density at radius 2 is 1.50 bits per heavy atom. The van der Waals surface area contributed by atoms with E-state index in [0.717, 1.165) is 24.2 Å². The zero-order chi connectivity index (χ0) is 19.4. The molecule has 0 aliphatic heterocycles. The van der Waals surface area contributed by atoms with Crippen LogP contribution in [0.2, 0.25) is 0 Å². The van der Waals surface area contributed by atoms with Crippen molar-refractivity contribution in [1.82, 2.24) is 0 Å². The van der Waals surface area contributed by atoms with Gasteiger partial charge in [0.15, 0.2) is 6.29 Å². The highest BCUT2D eigenvalue weighted by Crippen LogP contribution is 2.26. The van der Waals surface area contributed by atoms with Crippen molar-refractivity contribution in [2.75, 3.05) is 6.61 Å². The maximum Gasteiger partial charge on any atom is 0.196 e. The van der Waals surface area contributed by atoms with Gasteiger partial charge in [-0.2, -0.15) is 0 Å². The molecule has 0 aromatic heterocycles. The summed E-state index contributed by atoms with van der Waals surface area (Å²) in [5.41, 5.74) is 1.39. The smallest absolute Gasteiger partial charge is 0.196 e. The van der Waals surface area contributed by atoms with Crippen molar-refractivity contribution in [3.05, 3.63) is 29.8 Å². The lowest BCUT2D eigenvalue weighted by Crippen LogP contribution is -2.22. The van der Waals surface area contributed by atoms with Gasteiger partial charge in [0.1, 0.15) is 5.75 Å². The van der Waals surface area contributed by atoms with E-state index in [-0.39, 0.29) is 6.29 Å². The molecule has 0 spiro atoms. The van der Waals surface area contributed by atoms with Crippen molar-refractivity contribution < 1.29 is 9.47 Å². The summed E-state index contributed by atoms with van der Waals surface area (Å²) < 4.78 is 11.8. The third kappa shape index (κ3) is 9.62. The molecule has 0 saturated heterocycles. The number of rotatable bonds is 8. The molecule has 2 atom stereocenters. The molecule has 1 aromatic carbocycles. The normalized spacial score (nSPS) is 17.3. The first kappa shape index (κ1) is 23.0. The topological polar surface area (TPSA) is 18.5 Å². The van der Waals surface area contributed by atoms with Crippen LogP contribution in [0, 0.1) is 11.8 Å². The van der Waals surface area contributed by atoms with Gasteiger partial charge in [-0.05, 0) is 61.6 Å². The fraction of sp³-hybridized carbons (Fsp3) is 0.750. The van der Waals surface area contributed by atoms with E-state index in [9.17, 15) is 0 Å². The molecular formula is C24H42O2. The van der Waals surface area contributed by atoms with Gasteiger partial charge in [0.2, 0.25) is 0 Å². The van der Waals surface area contributed by atoms with Gasteiger partial charge in [0.25, 0.3) is 0 Å². The SMILES string of the molecule is CC(C)CC(C)c1ccc(OC(C)OCC2CCCCC2)cc1.CCC. The predicted molar refractivity (Wildman–Crippen MR) is 113 cm³/mol. The molecule has 2 rings (SSSR count). The van der Waals surface area contributed by atoms with Crippen LogP contribution in [0.4, 0.5) is 0 Å². The van der Waals surface area contributed by atoms with Crippen LogP contribution in [-0.4, -0.2) is 12.9 Å². The third-order valence-corrected chi connectivity index (χ3v) is 4.87. The summed E-state index contributed by atoms with van der Waals surface area (Å²) in [5.74, 6) is 2.97. The lowest BCUT2D eigenvalue weighted by atomic mass is 9.90. The van der Waals surface area contributed by atoms with Crippen LogP contribution in [0.5, 0.6) is 5.75 Å². The van der Waals surface area contributed by atoms with Crippen molar-refractivity contribution in [2.45, 2.75) is 98.7 Å². The fourth-order valence-electron chi connectivity index (χ4n) is 3.57. The lowest BCUT2D eigenvalue weighted by molar-refractivity contribution is -0.0820. The van der Waals surface area contributed by atoms with E-state index in [1.54, 1.807) is 0 Å². The van der Waals surface area contributed by atoms with E-state index in [1.807, 2.05) is 6.92 Å². The third-order valence-electron chi connectivity index (χ3n) is 4.87. The van der Waals surface area contributed by atoms with Crippen LogP contribution < -0.4 is 4.74 Å². The second-order valence-corrected chi connectivity index (χ2v) is 8.33. The molecule has 150 valence electrons. The minimum atomic E-state index is -0.170. The molecule has 26 heavy (non-hydrogen) atoms. The van der Waals surface area contributed by atoms with Crippen molar-refractivity contribution in [3.8, 4) is 5.75 Å². The van der Waals surface area contributed by atoms with Crippen LogP contribution in [0.15, 0.2) is 24.3 Å². The zero-order valence-electron chi connectivity index (χ0n) is 18.1. The van der Waals surface area contributed by atoms with Crippen LogP contribution in [0.1, 0.15) is 98.0 Å². The average Bonchev–Trinajstić information content (AvgIpc) is 2.61. The van der Waals surface area contributed by atoms with Gasteiger partial charge in [0, 0.05) is 0 Å². The number of benzene rings is 1. The zero-order valence-corrected chi connectivity index (χ0v) is 18.1. The standard InChI is InChI=1S/C21H34O2.C3H8/c1-16(2)14-17(3)20-10-12-21(13-11-20)23-18(4)22-15-19-8-6-5-7-9-19;1-3-2/h10-13,16-19H,5-9,14-15H2,1-4H3;3H2,1-2H3. The maximum absolute atomic E-state index is 5.90. The summed E-state index contributed by atoms with van der Waals surface area (Å²) in [4.78, 5) is 0. The minimum Gasteiger partial charge on any atom is -0.465 e.